The monoisotopic (exact) mass is 358 g/mol. The number of sulfonamides is 1. The summed E-state index contributed by atoms with van der Waals surface area (Å²) in [6.45, 7) is 2.91. The zero-order chi connectivity index (χ0) is 17.9. The second-order valence-corrected chi connectivity index (χ2v) is 7.38. The lowest BCUT2D eigenvalue weighted by Crippen LogP contribution is -2.57. The Balaban J connectivity index is 2.28. The Morgan fingerprint density at radius 3 is 2.38 bits per heavy atom. The molecule has 1 fully saturated rings. The topological polar surface area (TPSA) is 84.0 Å². The number of hydrogen-bond acceptors (Lipinski definition) is 5. The van der Waals surface area contributed by atoms with Crippen molar-refractivity contribution in [3.8, 4) is 0 Å². The number of amides is 1. The molecule has 7 nitrogen and oxygen atoms in total. The minimum absolute atomic E-state index is 0.0481. The van der Waals surface area contributed by atoms with Gasteiger partial charge in [-0.15, -0.1) is 0 Å². The largest absolute Gasteiger partial charge is 0.464 e. The number of nitrogens with zero attached hydrogens (tertiary/aromatic N) is 2. The van der Waals surface area contributed by atoms with Crippen molar-refractivity contribution in [1.82, 2.24) is 9.21 Å². The summed E-state index contributed by atoms with van der Waals surface area (Å²) in [6, 6.07) is 3.82. The molecule has 1 atom stereocenters. The van der Waals surface area contributed by atoms with Crippen molar-refractivity contribution < 1.29 is 27.1 Å². The molecular weight excluding hydrogens is 339 g/mol. The maximum Gasteiger partial charge on any atom is 0.302 e. The van der Waals surface area contributed by atoms with Crippen LogP contribution in [0.5, 0.6) is 0 Å². The van der Waals surface area contributed by atoms with Gasteiger partial charge in [-0.3, -0.25) is 9.59 Å². The predicted molar refractivity (Wildman–Crippen MR) is 83.0 cm³/mol. The summed E-state index contributed by atoms with van der Waals surface area (Å²) < 4.78 is 44.8. The van der Waals surface area contributed by atoms with Gasteiger partial charge in [0.25, 0.3) is 0 Å². The van der Waals surface area contributed by atoms with Crippen molar-refractivity contribution in [3.05, 3.63) is 30.1 Å². The molecular formula is C15H19FN2O5S. The Morgan fingerprint density at radius 1 is 1.21 bits per heavy atom. The Kier molecular flexibility index (Phi) is 5.55. The number of benzene rings is 1. The lowest BCUT2D eigenvalue weighted by atomic mass is 10.2. The van der Waals surface area contributed by atoms with Crippen LogP contribution < -0.4 is 0 Å². The van der Waals surface area contributed by atoms with Crippen molar-refractivity contribution in [2.45, 2.75) is 24.8 Å². The smallest absolute Gasteiger partial charge is 0.302 e. The van der Waals surface area contributed by atoms with E-state index in [1.165, 1.54) is 35.2 Å². The third-order valence-corrected chi connectivity index (χ3v) is 5.74. The summed E-state index contributed by atoms with van der Waals surface area (Å²) in [5.74, 6) is -1.25. The Labute approximate surface area is 140 Å². The van der Waals surface area contributed by atoms with Crippen LogP contribution in [0.2, 0.25) is 0 Å². The molecule has 1 aliphatic heterocycles. The average molecular weight is 358 g/mol. The third kappa shape index (κ3) is 4.09. The van der Waals surface area contributed by atoms with Crippen LogP contribution >= 0.6 is 0 Å². The molecule has 0 N–H and O–H groups in total. The van der Waals surface area contributed by atoms with Crippen molar-refractivity contribution in [1.29, 1.82) is 0 Å². The molecule has 1 aromatic rings. The molecule has 1 aromatic carbocycles. The molecule has 1 aliphatic rings. The normalized spacial score (nSPS) is 19.1. The van der Waals surface area contributed by atoms with E-state index in [1.807, 2.05) is 0 Å². The standard InChI is InChI=1S/C15H19FN2O5S/c1-11(19)17-7-8-18(14(9-17)10-23-12(2)20)24(21,22)15-5-3-13(16)4-6-15/h3-6,14H,7-10H2,1-2H3/t14-/m1/s1. The zero-order valence-corrected chi connectivity index (χ0v) is 14.3. The highest BCUT2D eigenvalue weighted by Gasteiger charge is 2.37. The van der Waals surface area contributed by atoms with Crippen LogP contribution in [0.4, 0.5) is 4.39 Å². The maximum absolute atomic E-state index is 13.0. The second kappa shape index (κ2) is 7.27. The molecule has 1 heterocycles. The molecule has 24 heavy (non-hydrogen) atoms. The summed E-state index contributed by atoms with van der Waals surface area (Å²) in [5, 5.41) is 0. The number of halogens is 1. The maximum atomic E-state index is 13.0. The zero-order valence-electron chi connectivity index (χ0n) is 13.4. The van der Waals surface area contributed by atoms with Gasteiger partial charge in [-0.05, 0) is 24.3 Å². The number of ether oxygens (including phenoxy) is 1. The first kappa shape index (κ1) is 18.3. The molecule has 9 heteroatoms. The van der Waals surface area contributed by atoms with E-state index >= 15 is 0 Å². The fourth-order valence-corrected chi connectivity index (χ4v) is 4.13. The number of piperazine rings is 1. The summed E-state index contributed by atoms with van der Waals surface area (Å²) >= 11 is 0. The first-order valence-electron chi connectivity index (χ1n) is 7.38. The van der Waals surface area contributed by atoms with Gasteiger partial charge in [0.2, 0.25) is 15.9 Å². The van der Waals surface area contributed by atoms with Crippen molar-refractivity contribution in [2.75, 3.05) is 26.2 Å². The molecule has 2 rings (SSSR count). The van der Waals surface area contributed by atoms with Gasteiger partial charge in [0.15, 0.2) is 0 Å². The minimum Gasteiger partial charge on any atom is -0.464 e. The van der Waals surface area contributed by atoms with Gasteiger partial charge < -0.3 is 9.64 Å². The van der Waals surface area contributed by atoms with E-state index in [0.29, 0.717) is 0 Å². The fraction of sp³-hybridized carbons (Fsp3) is 0.467. The van der Waals surface area contributed by atoms with Crippen LogP contribution in [-0.2, 0) is 24.3 Å². The van der Waals surface area contributed by atoms with Crippen LogP contribution in [0, 0.1) is 5.82 Å². The van der Waals surface area contributed by atoms with Gasteiger partial charge in [-0.25, -0.2) is 12.8 Å². The number of carbonyl (C=O) groups excluding carboxylic acids is 2. The summed E-state index contributed by atoms with van der Waals surface area (Å²) in [4.78, 5) is 24.1. The second-order valence-electron chi connectivity index (χ2n) is 5.49. The Hall–Kier alpha value is -2.00. The van der Waals surface area contributed by atoms with Crippen LogP contribution in [0.25, 0.3) is 0 Å². The van der Waals surface area contributed by atoms with E-state index in [0.717, 1.165) is 12.1 Å². The number of carbonyl (C=O) groups is 2. The highest BCUT2D eigenvalue weighted by atomic mass is 32.2. The summed E-state index contributed by atoms with van der Waals surface area (Å²) in [6.07, 6.45) is 0. The predicted octanol–water partition coefficient (Wildman–Crippen LogP) is 0.610. The summed E-state index contributed by atoms with van der Waals surface area (Å²) in [7, 11) is -3.89. The van der Waals surface area contributed by atoms with E-state index < -0.39 is 27.9 Å². The Bertz CT molecular complexity index is 720. The highest BCUT2D eigenvalue weighted by Crippen LogP contribution is 2.22. The summed E-state index contributed by atoms with van der Waals surface area (Å²) in [5.41, 5.74) is 0. The number of esters is 1. The molecule has 1 amide bonds. The van der Waals surface area contributed by atoms with Gasteiger partial charge in [0.05, 0.1) is 10.9 Å². The Morgan fingerprint density at radius 2 is 1.83 bits per heavy atom. The van der Waals surface area contributed by atoms with Crippen LogP contribution in [0.15, 0.2) is 29.2 Å². The van der Waals surface area contributed by atoms with E-state index in [-0.39, 0.29) is 37.0 Å². The quantitative estimate of drug-likeness (QED) is 0.737. The lowest BCUT2D eigenvalue weighted by Gasteiger charge is -2.39. The minimum atomic E-state index is -3.89. The molecule has 0 bridgehead atoms. The molecule has 0 aromatic heterocycles. The molecule has 0 aliphatic carbocycles. The van der Waals surface area contributed by atoms with Gasteiger partial charge in [0.1, 0.15) is 12.4 Å². The SMILES string of the molecule is CC(=O)OC[C@H]1CN(C(C)=O)CCN1S(=O)(=O)c1ccc(F)cc1. The van der Waals surface area contributed by atoms with Gasteiger partial charge >= 0.3 is 5.97 Å². The van der Waals surface area contributed by atoms with Crippen LogP contribution in [0.1, 0.15) is 13.8 Å². The third-order valence-electron chi connectivity index (χ3n) is 3.77. The molecule has 1 saturated heterocycles. The van der Waals surface area contributed by atoms with Crippen molar-refractivity contribution >= 4 is 21.9 Å². The van der Waals surface area contributed by atoms with E-state index in [9.17, 15) is 22.4 Å². The lowest BCUT2D eigenvalue weighted by molar-refractivity contribution is -0.143. The first-order chi connectivity index (χ1) is 11.2. The molecule has 0 unspecified atom stereocenters. The molecule has 132 valence electrons. The number of rotatable bonds is 4. The van der Waals surface area contributed by atoms with E-state index in [4.69, 9.17) is 4.74 Å². The van der Waals surface area contributed by atoms with E-state index in [1.54, 1.807) is 0 Å². The van der Waals surface area contributed by atoms with Gasteiger partial charge in [-0.2, -0.15) is 4.31 Å². The molecule has 0 radical (unpaired) electrons. The van der Waals surface area contributed by atoms with Crippen molar-refractivity contribution in [3.63, 3.8) is 0 Å². The first-order valence-corrected chi connectivity index (χ1v) is 8.82. The molecule has 0 saturated carbocycles. The molecule has 0 spiro atoms. The number of hydrogen-bond donors (Lipinski definition) is 0. The van der Waals surface area contributed by atoms with Crippen molar-refractivity contribution in [2.24, 2.45) is 0 Å². The van der Waals surface area contributed by atoms with Crippen LogP contribution in [-0.4, -0.2) is 61.8 Å². The highest BCUT2D eigenvalue weighted by molar-refractivity contribution is 7.89. The average Bonchev–Trinajstić information content (AvgIpc) is 2.52. The fourth-order valence-electron chi connectivity index (χ4n) is 2.53. The van der Waals surface area contributed by atoms with Gasteiger partial charge in [-0.1, -0.05) is 0 Å². The van der Waals surface area contributed by atoms with Gasteiger partial charge in [0, 0.05) is 33.5 Å². The van der Waals surface area contributed by atoms with E-state index in [2.05, 4.69) is 0 Å². The van der Waals surface area contributed by atoms with Crippen LogP contribution in [0.3, 0.4) is 0 Å².